The van der Waals surface area contributed by atoms with Gasteiger partial charge in [0.1, 0.15) is 11.4 Å². The Bertz CT molecular complexity index is 720. The average molecular weight is 357 g/mol. The van der Waals surface area contributed by atoms with E-state index in [4.69, 9.17) is 9.47 Å². The molecule has 0 aliphatic carbocycles. The van der Waals surface area contributed by atoms with E-state index in [1.165, 1.54) is 0 Å². The lowest BCUT2D eigenvalue weighted by molar-refractivity contribution is -0.139. The smallest absolute Gasteiger partial charge is 0.256 e. The maximum atomic E-state index is 12.9. The van der Waals surface area contributed by atoms with Crippen molar-refractivity contribution in [2.24, 2.45) is 0 Å². The second kappa shape index (κ2) is 9.58. The number of carbonyl (C=O) groups is 1. The number of rotatable bonds is 10. The van der Waals surface area contributed by atoms with Gasteiger partial charge in [0.05, 0.1) is 6.61 Å². The second-order valence-electron chi connectivity index (χ2n) is 6.73. The highest BCUT2D eigenvalue weighted by Gasteiger charge is 2.33. The van der Waals surface area contributed by atoms with Crippen LogP contribution in [0.2, 0.25) is 0 Å². The molecule has 4 heteroatoms. The van der Waals surface area contributed by atoms with Crippen molar-refractivity contribution in [2.75, 3.05) is 18.5 Å². The van der Waals surface area contributed by atoms with Crippen LogP contribution in [-0.4, -0.2) is 24.7 Å². The van der Waals surface area contributed by atoms with Crippen molar-refractivity contribution in [3.05, 3.63) is 36.4 Å². The normalized spacial score (nSPS) is 13.4. The fourth-order valence-electron chi connectivity index (χ4n) is 3.13. The summed E-state index contributed by atoms with van der Waals surface area (Å²) in [5.41, 5.74) is -0.0311. The zero-order valence-electron chi connectivity index (χ0n) is 16.4. The number of carbonyl (C=O) groups excluding carboxylic acids is 1. The minimum absolute atomic E-state index is 0.106. The predicted molar refractivity (Wildman–Crippen MR) is 108 cm³/mol. The molecule has 0 aromatic heterocycles. The Labute approximate surface area is 156 Å². The molecule has 1 N–H and O–H groups in total. The molecule has 1 unspecified atom stereocenters. The molecular weight excluding hydrogens is 326 g/mol. The summed E-state index contributed by atoms with van der Waals surface area (Å²) in [4.78, 5) is 12.9. The molecule has 0 aliphatic rings. The lowest BCUT2D eigenvalue weighted by atomic mass is 9.98. The first-order valence-corrected chi connectivity index (χ1v) is 9.65. The highest BCUT2D eigenvalue weighted by atomic mass is 16.5. The summed E-state index contributed by atoms with van der Waals surface area (Å²) in [5.74, 6) is 0.749. The highest BCUT2D eigenvalue weighted by molar-refractivity contribution is 6.06. The molecule has 0 fully saturated rings. The first-order chi connectivity index (χ1) is 12.6. The summed E-state index contributed by atoms with van der Waals surface area (Å²) in [6.45, 7) is 9.19. The van der Waals surface area contributed by atoms with Gasteiger partial charge in [-0.3, -0.25) is 4.79 Å². The van der Waals surface area contributed by atoms with E-state index >= 15 is 0 Å². The van der Waals surface area contributed by atoms with Gasteiger partial charge < -0.3 is 14.8 Å². The van der Waals surface area contributed by atoms with Gasteiger partial charge in [0.25, 0.3) is 5.91 Å². The van der Waals surface area contributed by atoms with Gasteiger partial charge >= 0.3 is 0 Å². The van der Waals surface area contributed by atoms with E-state index in [0.717, 1.165) is 41.5 Å². The molecular formula is C22H31NO3. The molecule has 2 rings (SSSR count). The maximum absolute atomic E-state index is 12.9. The number of amides is 1. The Morgan fingerprint density at radius 2 is 1.77 bits per heavy atom. The SMILES string of the molecule is CCCCOc1ccc(NC(=O)C(C)(CCC)OCC)c2ccccc12. The number of benzene rings is 2. The number of fused-ring (bicyclic) bond motifs is 1. The molecule has 0 spiro atoms. The number of hydrogen-bond acceptors (Lipinski definition) is 3. The molecule has 26 heavy (non-hydrogen) atoms. The molecule has 0 bridgehead atoms. The van der Waals surface area contributed by atoms with E-state index in [1.54, 1.807) is 0 Å². The van der Waals surface area contributed by atoms with Gasteiger partial charge in [-0.15, -0.1) is 0 Å². The van der Waals surface area contributed by atoms with Crippen LogP contribution in [0.4, 0.5) is 5.69 Å². The first-order valence-electron chi connectivity index (χ1n) is 9.65. The highest BCUT2D eigenvalue weighted by Crippen LogP contribution is 2.32. The van der Waals surface area contributed by atoms with Gasteiger partial charge in [-0.05, 0) is 38.8 Å². The summed E-state index contributed by atoms with van der Waals surface area (Å²) in [6, 6.07) is 11.9. The van der Waals surface area contributed by atoms with E-state index in [2.05, 4.69) is 19.2 Å². The van der Waals surface area contributed by atoms with Gasteiger partial charge in [0.15, 0.2) is 0 Å². The maximum Gasteiger partial charge on any atom is 0.256 e. The summed E-state index contributed by atoms with van der Waals surface area (Å²) >= 11 is 0. The summed E-state index contributed by atoms with van der Waals surface area (Å²) in [7, 11) is 0. The van der Waals surface area contributed by atoms with Crippen molar-refractivity contribution in [1.82, 2.24) is 0 Å². The summed E-state index contributed by atoms with van der Waals surface area (Å²) < 4.78 is 11.7. The minimum atomic E-state index is -0.819. The van der Waals surface area contributed by atoms with Gasteiger partial charge in [-0.2, -0.15) is 0 Å². The third-order valence-electron chi connectivity index (χ3n) is 4.56. The standard InChI is InChI=1S/C22H31NO3/c1-5-8-16-25-20-14-13-19(17-11-9-10-12-18(17)20)23-21(24)22(4,15-6-2)26-7-3/h9-14H,5-8,15-16H2,1-4H3,(H,23,24). The molecule has 1 atom stereocenters. The topological polar surface area (TPSA) is 47.6 Å². The van der Waals surface area contributed by atoms with Crippen molar-refractivity contribution in [2.45, 2.75) is 59.0 Å². The number of ether oxygens (including phenoxy) is 2. The van der Waals surface area contributed by atoms with E-state index in [0.29, 0.717) is 19.6 Å². The number of hydrogen-bond donors (Lipinski definition) is 1. The Morgan fingerprint density at radius 3 is 2.42 bits per heavy atom. The zero-order chi connectivity index (χ0) is 19.0. The fourth-order valence-corrected chi connectivity index (χ4v) is 3.13. The van der Waals surface area contributed by atoms with Crippen LogP contribution in [-0.2, 0) is 9.53 Å². The third-order valence-corrected chi connectivity index (χ3v) is 4.56. The fraction of sp³-hybridized carbons (Fsp3) is 0.500. The Hall–Kier alpha value is -2.07. The van der Waals surface area contributed by atoms with E-state index < -0.39 is 5.60 Å². The molecule has 2 aromatic carbocycles. The lowest BCUT2D eigenvalue weighted by Gasteiger charge is -2.28. The van der Waals surface area contributed by atoms with Crippen LogP contribution >= 0.6 is 0 Å². The number of anilines is 1. The van der Waals surface area contributed by atoms with Gasteiger partial charge in [0, 0.05) is 23.1 Å². The molecule has 1 amide bonds. The minimum Gasteiger partial charge on any atom is -0.493 e. The monoisotopic (exact) mass is 357 g/mol. The lowest BCUT2D eigenvalue weighted by Crippen LogP contribution is -2.42. The molecule has 0 radical (unpaired) electrons. The summed E-state index contributed by atoms with van der Waals surface area (Å²) in [6.07, 6.45) is 3.69. The van der Waals surface area contributed by atoms with Crippen molar-refractivity contribution >= 4 is 22.4 Å². The number of unbranched alkanes of at least 4 members (excludes halogenated alkanes) is 1. The molecule has 0 saturated heterocycles. The first kappa shape index (κ1) is 20.2. The molecule has 0 heterocycles. The van der Waals surface area contributed by atoms with Crippen molar-refractivity contribution in [1.29, 1.82) is 0 Å². The van der Waals surface area contributed by atoms with E-state index in [9.17, 15) is 4.79 Å². The largest absolute Gasteiger partial charge is 0.493 e. The van der Waals surface area contributed by atoms with Crippen LogP contribution in [0.3, 0.4) is 0 Å². The van der Waals surface area contributed by atoms with Crippen LogP contribution in [0.5, 0.6) is 5.75 Å². The average Bonchev–Trinajstić information content (AvgIpc) is 2.64. The van der Waals surface area contributed by atoms with Crippen LogP contribution in [0.1, 0.15) is 53.4 Å². The van der Waals surface area contributed by atoms with Gasteiger partial charge in [-0.1, -0.05) is 51.0 Å². The van der Waals surface area contributed by atoms with Crippen LogP contribution in [0.15, 0.2) is 36.4 Å². The van der Waals surface area contributed by atoms with E-state index in [-0.39, 0.29) is 5.91 Å². The quantitative estimate of drug-likeness (QED) is 0.567. The molecule has 0 saturated carbocycles. The van der Waals surface area contributed by atoms with Gasteiger partial charge in [0.2, 0.25) is 0 Å². The molecule has 2 aromatic rings. The van der Waals surface area contributed by atoms with Gasteiger partial charge in [-0.25, -0.2) is 0 Å². The Kier molecular flexibility index (Phi) is 7.46. The molecule has 142 valence electrons. The Balaban J connectivity index is 2.30. The van der Waals surface area contributed by atoms with Crippen molar-refractivity contribution < 1.29 is 14.3 Å². The predicted octanol–water partition coefficient (Wildman–Crippen LogP) is 5.55. The van der Waals surface area contributed by atoms with Crippen molar-refractivity contribution in [3.63, 3.8) is 0 Å². The zero-order valence-corrected chi connectivity index (χ0v) is 16.4. The Morgan fingerprint density at radius 1 is 1.04 bits per heavy atom. The molecule has 4 nitrogen and oxygen atoms in total. The summed E-state index contributed by atoms with van der Waals surface area (Å²) in [5, 5.41) is 5.06. The third kappa shape index (κ3) is 4.76. The van der Waals surface area contributed by atoms with Crippen LogP contribution in [0, 0.1) is 0 Å². The van der Waals surface area contributed by atoms with Crippen LogP contribution < -0.4 is 10.1 Å². The van der Waals surface area contributed by atoms with Crippen molar-refractivity contribution in [3.8, 4) is 5.75 Å². The second-order valence-corrected chi connectivity index (χ2v) is 6.73. The number of nitrogens with one attached hydrogen (secondary N) is 1. The van der Waals surface area contributed by atoms with E-state index in [1.807, 2.05) is 50.2 Å². The molecule has 0 aliphatic heterocycles. The van der Waals surface area contributed by atoms with Crippen LogP contribution in [0.25, 0.3) is 10.8 Å².